The van der Waals surface area contributed by atoms with Gasteiger partial charge in [-0.05, 0) is 33.0 Å². The molecule has 1 unspecified atom stereocenters. The van der Waals surface area contributed by atoms with E-state index in [1.165, 1.54) is 0 Å². The van der Waals surface area contributed by atoms with Crippen molar-refractivity contribution in [3.8, 4) is 0 Å². The molecular weight excluding hydrogens is 320 g/mol. The second-order valence-electron chi connectivity index (χ2n) is 6.10. The van der Waals surface area contributed by atoms with Crippen molar-refractivity contribution in [1.29, 1.82) is 0 Å². The molecule has 1 aromatic carbocycles. The Balaban J connectivity index is 1.95. The molecule has 1 N–H and O–H groups in total. The van der Waals surface area contributed by atoms with Crippen LogP contribution in [0.4, 0.5) is 4.79 Å². The molecule has 5 nitrogen and oxygen atoms in total. The Hall–Kier alpha value is -1.92. The Morgan fingerprint density at radius 2 is 2.00 bits per heavy atom. The lowest BCUT2D eigenvalue weighted by Gasteiger charge is -2.24. The second-order valence-corrected chi connectivity index (χ2v) is 7.08. The summed E-state index contributed by atoms with van der Waals surface area (Å²) in [5.74, 6) is 0. The number of carbonyl (C=O) groups excluding carboxylic acids is 1. The van der Waals surface area contributed by atoms with Gasteiger partial charge in [0.2, 0.25) is 0 Å². The maximum absolute atomic E-state index is 12.6. The smallest absolute Gasteiger partial charge is 0.318 e. The minimum Gasteiger partial charge on any atom is -0.338 e. The van der Waals surface area contributed by atoms with Crippen LogP contribution in [0.2, 0.25) is 0 Å². The van der Waals surface area contributed by atoms with Crippen molar-refractivity contribution in [2.75, 3.05) is 20.6 Å². The summed E-state index contributed by atoms with van der Waals surface area (Å²) in [6.45, 7) is 3.93. The Morgan fingerprint density at radius 1 is 1.25 bits per heavy atom. The number of hydrogen-bond donors (Lipinski definition) is 1. The molecule has 130 valence electrons. The van der Waals surface area contributed by atoms with Gasteiger partial charge in [-0.15, -0.1) is 11.3 Å². The zero-order valence-corrected chi connectivity index (χ0v) is 15.4. The Bertz CT molecular complexity index is 601. The van der Waals surface area contributed by atoms with Crippen LogP contribution in [0.3, 0.4) is 0 Å². The highest BCUT2D eigenvalue weighted by atomic mass is 32.1. The topological polar surface area (TPSA) is 48.5 Å². The van der Waals surface area contributed by atoms with E-state index in [-0.39, 0.29) is 6.03 Å². The molecule has 1 heterocycles. The van der Waals surface area contributed by atoms with E-state index in [0.717, 1.165) is 17.0 Å². The third-order valence-electron chi connectivity index (χ3n) is 4.03. The molecule has 0 bridgehead atoms. The van der Waals surface area contributed by atoms with Gasteiger partial charge in [-0.3, -0.25) is 0 Å². The van der Waals surface area contributed by atoms with Gasteiger partial charge in [0.05, 0.1) is 6.54 Å². The van der Waals surface area contributed by atoms with Gasteiger partial charge in [0, 0.05) is 30.7 Å². The molecule has 0 saturated heterocycles. The van der Waals surface area contributed by atoms with Crippen LogP contribution in [0.25, 0.3) is 0 Å². The van der Waals surface area contributed by atoms with Crippen molar-refractivity contribution < 1.29 is 4.79 Å². The van der Waals surface area contributed by atoms with Gasteiger partial charge in [-0.2, -0.15) is 0 Å². The molecule has 0 radical (unpaired) electrons. The van der Waals surface area contributed by atoms with E-state index in [0.29, 0.717) is 25.7 Å². The first-order chi connectivity index (χ1) is 11.6. The number of nitrogens with one attached hydrogen (secondary N) is 1. The number of thiazole rings is 1. The lowest BCUT2D eigenvalue weighted by Crippen LogP contribution is -2.40. The molecule has 6 heteroatoms. The summed E-state index contributed by atoms with van der Waals surface area (Å²) < 4.78 is 0. The first-order valence-corrected chi connectivity index (χ1v) is 9.05. The summed E-state index contributed by atoms with van der Waals surface area (Å²) in [6.07, 6.45) is 2.70. The Kier molecular flexibility index (Phi) is 7.21. The number of rotatable bonds is 8. The zero-order chi connectivity index (χ0) is 17.4. The van der Waals surface area contributed by atoms with E-state index >= 15 is 0 Å². The van der Waals surface area contributed by atoms with Crippen molar-refractivity contribution in [1.82, 2.24) is 20.1 Å². The van der Waals surface area contributed by atoms with Crippen molar-refractivity contribution >= 4 is 17.4 Å². The molecule has 24 heavy (non-hydrogen) atoms. The fraction of sp³-hybridized carbons (Fsp3) is 0.444. The van der Waals surface area contributed by atoms with Crippen LogP contribution < -0.4 is 5.32 Å². The molecule has 0 aliphatic heterocycles. The van der Waals surface area contributed by atoms with Crippen molar-refractivity contribution in [2.45, 2.75) is 32.5 Å². The quantitative estimate of drug-likeness (QED) is 0.798. The van der Waals surface area contributed by atoms with Crippen LogP contribution >= 0.6 is 11.3 Å². The third kappa shape index (κ3) is 5.94. The molecule has 1 atom stereocenters. The van der Waals surface area contributed by atoms with Gasteiger partial charge in [-0.25, -0.2) is 9.78 Å². The number of nitrogens with zero attached hydrogens (tertiary/aromatic N) is 3. The van der Waals surface area contributed by atoms with Crippen LogP contribution in [-0.2, 0) is 13.1 Å². The standard InChI is InChI=1S/C18H26N4OS/c1-15(21(2)3)9-10-20-18(23)22(14-17-19-11-12-24-17)13-16-7-5-4-6-8-16/h4-8,11-12,15H,9-10,13-14H2,1-3H3,(H,20,23). The largest absolute Gasteiger partial charge is 0.338 e. The maximum Gasteiger partial charge on any atom is 0.318 e. The summed E-state index contributed by atoms with van der Waals surface area (Å²) >= 11 is 1.57. The molecule has 0 spiro atoms. The Labute approximate surface area is 148 Å². The number of hydrogen-bond acceptors (Lipinski definition) is 4. The number of urea groups is 1. The second kappa shape index (κ2) is 9.39. The predicted molar refractivity (Wildman–Crippen MR) is 99.0 cm³/mol. The van der Waals surface area contributed by atoms with Gasteiger partial charge in [0.25, 0.3) is 0 Å². The molecule has 0 aliphatic carbocycles. The van der Waals surface area contributed by atoms with Crippen molar-refractivity contribution in [2.24, 2.45) is 0 Å². The first-order valence-electron chi connectivity index (χ1n) is 8.17. The van der Waals surface area contributed by atoms with E-state index in [1.54, 1.807) is 17.5 Å². The lowest BCUT2D eigenvalue weighted by molar-refractivity contribution is 0.190. The van der Waals surface area contributed by atoms with E-state index in [1.807, 2.05) is 40.6 Å². The zero-order valence-electron chi connectivity index (χ0n) is 14.6. The van der Waals surface area contributed by atoms with Crippen molar-refractivity contribution in [3.05, 3.63) is 52.5 Å². The number of aromatic nitrogens is 1. The van der Waals surface area contributed by atoms with Gasteiger partial charge in [-0.1, -0.05) is 30.3 Å². The first kappa shape index (κ1) is 18.4. The number of carbonyl (C=O) groups is 1. The fourth-order valence-corrected chi connectivity index (χ4v) is 2.89. The van der Waals surface area contributed by atoms with E-state index in [4.69, 9.17) is 0 Å². The fourth-order valence-electron chi connectivity index (χ4n) is 2.26. The molecule has 0 fully saturated rings. The van der Waals surface area contributed by atoms with Gasteiger partial charge in [0.15, 0.2) is 0 Å². The molecule has 2 amide bonds. The molecule has 0 saturated carbocycles. The van der Waals surface area contributed by atoms with Gasteiger partial charge >= 0.3 is 6.03 Å². The molecule has 2 rings (SSSR count). The highest BCUT2D eigenvalue weighted by Gasteiger charge is 2.16. The lowest BCUT2D eigenvalue weighted by atomic mass is 10.2. The van der Waals surface area contributed by atoms with E-state index < -0.39 is 0 Å². The summed E-state index contributed by atoms with van der Waals surface area (Å²) in [5, 5.41) is 5.92. The molecule has 2 aromatic rings. The minimum atomic E-state index is -0.0417. The summed E-state index contributed by atoms with van der Waals surface area (Å²) in [4.78, 5) is 20.9. The van der Waals surface area contributed by atoms with Crippen LogP contribution in [0.15, 0.2) is 41.9 Å². The summed E-state index contributed by atoms with van der Waals surface area (Å²) in [6, 6.07) is 10.4. The summed E-state index contributed by atoms with van der Waals surface area (Å²) in [7, 11) is 4.10. The number of benzene rings is 1. The molecule has 1 aromatic heterocycles. The van der Waals surface area contributed by atoms with Gasteiger partial charge < -0.3 is 15.1 Å². The highest BCUT2D eigenvalue weighted by molar-refractivity contribution is 7.09. The maximum atomic E-state index is 12.6. The monoisotopic (exact) mass is 346 g/mol. The average Bonchev–Trinajstić information content (AvgIpc) is 3.08. The van der Waals surface area contributed by atoms with Crippen LogP contribution in [0.1, 0.15) is 23.9 Å². The minimum absolute atomic E-state index is 0.0417. The average molecular weight is 347 g/mol. The Morgan fingerprint density at radius 3 is 2.62 bits per heavy atom. The van der Waals surface area contributed by atoms with Crippen LogP contribution in [-0.4, -0.2) is 47.5 Å². The van der Waals surface area contributed by atoms with Crippen LogP contribution in [0, 0.1) is 0 Å². The van der Waals surface area contributed by atoms with E-state index in [9.17, 15) is 4.79 Å². The SMILES string of the molecule is CC(CCNC(=O)N(Cc1ccccc1)Cc1nccs1)N(C)C. The number of amides is 2. The predicted octanol–water partition coefficient (Wildman–Crippen LogP) is 3.20. The summed E-state index contributed by atoms with van der Waals surface area (Å²) in [5.41, 5.74) is 1.12. The van der Waals surface area contributed by atoms with E-state index in [2.05, 4.69) is 36.2 Å². The van der Waals surface area contributed by atoms with Crippen LogP contribution in [0.5, 0.6) is 0 Å². The van der Waals surface area contributed by atoms with Gasteiger partial charge in [0.1, 0.15) is 5.01 Å². The highest BCUT2D eigenvalue weighted by Crippen LogP contribution is 2.12. The normalized spacial score (nSPS) is 12.2. The molecule has 0 aliphatic rings. The third-order valence-corrected chi connectivity index (χ3v) is 4.80. The van der Waals surface area contributed by atoms with Crippen molar-refractivity contribution in [3.63, 3.8) is 0 Å². The molecular formula is C18H26N4OS.